The lowest BCUT2D eigenvalue weighted by atomic mass is 10.1. The lowest BCUT2D eigenvalue weighted by molar-refractivity contribution is 0.0702. The molecule has 0 bridgehead atoms. The molecule has 0 saturated heterocycles. The zero-order valence-corrected chi connectivity index (χ0v) is 19.0. The third kappa shape index (κ3) is 3.37. The molecule has 0 saturated carbocycles. The Kier molecular flexibility index (Phi) is 4.74. The van der Waals surface area contributed by atoms with Crippen LogP contribution in [0.2, 0.25) is 5.02 Å². The normalized spacial score (nSPS) is 15.0. The quantitative estimate of drug-likeness (QED) is 0.341. The van der Waals surface area contributed by atoms with Crippen molar-refractivity contribution in [2.75, 3.05) is 0 Å². The molecule has 1 atom stereocenters. The van der Waals surface area contributed by atoms with E-state index in [4.69, 9.17) is 21.7 Å². The van der Waals surface area contributed by atoms with E-state index in [0.29, 0.717) is 40.9 Å². The van der Waals surface area contributed by atoms with Gasteiger partial charge in [0.2, 0.25) is 0 Å². The van der Waals surface area contributed by atoms with Gasteiger partial charge in [-0.1, -0.05) is 11.6 Å². The van der Waals surface area contributed by atoms with E-state index >= 15 is 0 Å². The van der Waals surface area contributed by atoms with E-state index < -0.39 is 5.97 Å². The number of aromatic amines is 2. The average Bonchev–Trinajstić information content (AvgIpc) is 3.52. The first-order valence-electron chi connectivity index (χ1n) is 10.4. The van der Waals surface area contributed by atoms with E-state index in [1.165, 1.54) is 6.07 Å². The predicted molar refractivity (Wildman–Crippen MR) is 126 cm³/mol. The van der Waals surface area contributed by atoms with Gasteiger partial charge < -0.3 is 10.1 Å². The van der Waals surface area contributed by atoms with Crippen molar-refractivity contribution < 1.29 is 9.90 Å². The zero-order valence-electron chi connectivity index (χ0n) is 17.4. The Labute approximate surface area is 200 Å². The van der Waals surface area contributed by atoms with Gasteiger partial charge in [-0.2, -0.15) is 0 Å². The molecule has 1 aliphatic rings. The Morgan fingerprint density at radius 3 is 2.85 bits per heavy atom. The van der Waals surface area contributed by atoms with Crippen LogP contribution in [0.1, 0.15) is 33.8 Å². The summed E-state index contributed by atoms with van der Waals surface area (Å²) in [5.41, 5.74) is 3.32. The molecule has 5 heterocycles. The molecule has 0 unspecified atom stereocenters. The number of nitrogens with one attached hydrogen (secondary N) is 2. The minimum atomic E-state index is -0.964. The van der Waals surface area contributed by atoms with Gasteiger partial charge in [0.1, 0.15) is 22.9 Å². The van der Waals surface area contributed by atoms with Crippen LogP contribution < -0.4 is 5.56 Å². The molecule has 0 spiro atoms. The molecule has 10 nitrogen and oxygen atoms in total. The lowest BCUT2D eigenvalue weighted by Crippen LogP contribution is -2.25. The van der Waals surface area contributed by atoms with Gasteiger partial charge in [0.15, 0.2) is 0 Å². The average molecular weight is 494 g/mol. The Morgan fingerprint density at radius 2 is 2.12 bits per heavy atom. The Balaban J connectivity index is 1.36. The predicted octanol–water partition coefficient (Wildman–Crippen LogP) is 3.76. The fraction of sp³-hybridized carbons (Fsp3) is 0.136. The number of carbonyl (C=O) groups is 1. The van der Waals surface area contributed by atoms with Crippen LogP contribution in [0.3, 0.4) is 0 Å². The van der Waals surface area contributed by atoms with Gasteiger partial charge in [-0.25, -0.2) is 24.7 Å². The number of carboxylic acid groups (broad SMARTS) is 1. The Morgan fingerprint density at radius 1 is 1.26 bits per heavy atom. The van der Waals surface area contributed by atoms with Crippen LogP contribution in [0.25, 0.3) is 28.2 Å². The Bertz CT molecular complexity index is 1600. The second-order valence-corrected chi connectivity index (χ2v) is 9.23. The maximum atomic E-state index is 13.2. The number of halogens is 1. The standard InChI is InChI=1S/C22H16ClN7O3S/c23-12-1-2-16(29-10-25-28-29)13(6-12)14-7-20(31)30-17(3-4-19(30)26-14)21-24-8-15(27-21)11-5-18(22(32)33)34-9-11/h1-2,5-10,17,28H,3-4H2,(H,24,27)(H,32,33)/t17-/m0/s1. The van der Waals surface area contributed by atoms with E-state index in [1.54, 1.807) is 45.4 Å². The molecule has 6 rings (SSSR count). The van der Waals surface area contributed by atoms with Crippen molar-refractivity contribution >= 4 is 28.9 Å². The number of carboxylic acids is 1. The first-order chi connectivity index (χ1) is 16.5. The van der Waals surface area contributed by atoms with Crippen LogP contribution in [-0.4, -0.2) is 45.6 Å². The van der Waals surface area contributed by atoms with Crippen molar-refractivity contribution in [1.82, 2.24) is 34.5 Å². The number of hydrogen-bond donors (Lipinski definition) is 3. The molecule has 0 fully saturated rings. The summed E-state index contributed by atoms with van der Waals surface area (Å²) in [5.74, 6) is 0.345. The number of H-pyrrole nitrogens is 2. The van der Waals surface area contributed by atoms with E-state index in [9.17, 15) is 9.59 Å². The van der Waals surface area contributed by atoms with Gasteiger partial charge in [0.25, 0.3) is 5.56 Å². The summed E-state index contributed by atoms with van der Waals surface area (Å²) >= 11 is 7.39. The number of hydrogen-bond acceptors (Lipinski definition) is 6. The number of nitrogens with zero attached hydrogens (tertiary/aromatic N) is 5. The lowest BCUT2D eigenvalue weighted by Gasteiger charge is -2.15. The maximum Gasteiger partial charge on any atom is 0.345 e. The first kappa shape index (κ1) is 20.6. The summed E-state index contributed by atoms with van der Waals surface area (Å²) < 4.78 is 3.39. The number of imidazole rings is 1. The molecule has 5 aromatic rings. The molecule has 0 radical (unpaired) electrons. The summed E-state index contributed by atoms with van der Waals surface area (Å²) in [5, 5.41) is 18.2. The molecular weight excluding hydrogens is 478 g/mol. The maximum absolute atomic E-state index is 13.2. The van der Waals surface area contributed by atoms with Gasteiger partial charge in [-0.05, 0) is 30.7 Å². The van der Waals surface area contributed by atoms with Crippen LogP contribution >= 0.6 is 22.9 Å². The number of aromatic nitrogens is 7. The highest BCUT2D eigenvalue weighted by Gasteiger charge is 2.29. The van der Waals surface area contributed by atoms with Crippen molar-refractivity contribution in [3.8, 4) is 28.2 Å². The van der Waals surface area contributed by atoms with Gasteiger partial charge in [-0.3, -0.25) is 9.36 Å². The van der Waals surface area contributed by atoms with E-state index in [0.717, 1.165) is 28.2 Å². The minimum Gasteiger partial charge on any atom is -0.477 e. The largest absolute Gasteiger partial charge is 0.477 e. The highest BCUT2D eigenvalue weighted by atomic mass is 35.5. The molecule has 0 amide bonds. The van der Waals surface area contributed by atoms with Crippen molar-refractivity contribution in [2.45, 2.75) is 18.9 Å². The number of thiophene rings is 1. The van der Waals surface area contributed by atoms with Crippen LogP contribution in [0.5, 0.6) is 0 Å². The summed E-state index contributed by atoms with van der Waals surface area (Å²) in [6.45, 7) is 0. The molecule has 3 N–H and O–H groups in total. The molecule has 1 aromatic carbocycles. The second-order valence-electron chi connectivity index (χ2n) is 7.88. The molecule has 0 aliphatic carbocycles. The summed E-state index contributed by atoms with van der Waals surface area (Å²) in [7, 11) is 0. The number of rotatable bonds is 5. The van der Waals surface area contributed by atoms with Crippen LogP contribution in [0.4, 0.5) is 0 Å². The molecular formula is C22H16ClN7O3S. The number of aryl methyl sites for hydroxylation is 1. The van der Waals surface area contributed by atoms with Crippen LogP contribution in [0.15, 0.2) is 53.0 Å². The highest BCUT2D eigenvalue weighted by molar-refractivity contribution is 7.12. The van der Waals surface area contributed by atoms with Gasteiger partial charge in [0, 0.05) is 34.0 Å². The number of aromatic carboxylic acids is 1. The monoisotopic (exact) mass is 493 g/mol. The summed E-state index contributed by atoms with van der Waals surface area (Å²) in [6, 6.07) is 8.23. The van der Waals surface area contributed by atoms with E-state index in [2.05, 4.69) is 20.3 Å². The zero-order chi connectivity index (χ0) is 23.4. The first-order valence-corrected chi connectivity index (χ1v) is 11.6. The molecule has 34 heavy (non-hydrogen) atoms. The van der Waals surface area contributed by atoms with Crippen LogP contribution in [0, 0.1) is 0 Å². The third-order valence-electron chi connectivity index (χ3n) is 5.84. The smallest absolute Gasteiger partial charge is 0.345 e. The summed E-state index contributed by atoms with van der Waals surface area (Å²) in [4.78, 5) is 37.2. The van der Waals surface area contributed by atoms with Crippen LogP contribution in [-0.2, 0) is 6.42 Å². The van der Waals surface area contributed by atoms with Gasteiger partial charge in [-0.15, -0.1) is 16.4 Å². The van der Waals surface area contributed by atoms with Crippen molar-refractivity contribution in [3.63, 3.8) is 0 Å². The van der Waals surface area contributed by atoms with Crippen molar-refractivity contribution in [2.24, 2.45) is 0 Å². The highest BCUT2D eigenvalue weighted by Crippen LogP contribution is 2.33. The third-order valence-corrected chi connectivity index (χ3v) is 7.00. The SMILES string of the molecule is O=C(O)c1cc(-c2cnc([C@@H]3CCc4nc(-c5cc(Cl)ccc5-n5cn[nH]5)cc(=O)n43)[nH]2)cs1. The van der Waals surface area contributed by atoms with Crippen molar-refractivity contribution in [3.05, 3.63) is 80.1 Å². The number of benzene rings is 1. The van der Waals surface area contributed by atoms with E-state index in [-0.39, 0.29) is 16.5 Å². The molecule has 12 heteroatoms. The number of fused-ring (bicyclic) bond motifs is 1. The second kappa shape index (κ2) is 7.82. The minimum absolute atomic E-state index is 0.180. The van der Waals surface area contributed by atoms with Crippen molar-refractivity contribution in [1.29, 1.82) is 0 Å². The fourth-order valence-electron chi connectivity index (χ4n) is 4.24. The van der Waals surface area contributed by atoms with Gasteiger partial charge >= 0.3 is 5.97 Å². The summed E-state index contributed by atoms with van der Waals surface area (Å²) in [6.07, 6.45) is 4.58. The molecule has 1 aliphatic heterocycles. The molecule has 170 valence electrons. The van der Waals surface area contributed by atoms with E-state index in [1.807, 2.05) is 6.07 Å². The van der Waals surface area contributed by atoms with Gasteiger partial charge in [0.05, 0.1) is 29.3 Å². The topological polar surface area (TPSA) is 134 Å². The Hall–Kier alpha value is -3.96. The fourth-order valence-corrected chi connectivity index (χ4v) is 5.15. The molecule has 4 aromatic heterocycles.